The van der Waals surface area contributed by atoms with Gasteiger partial charge in [-0.3, -0.25) is 0 Å². The molecule has 0 saturated carbocycles. The molecule has 0 aliphatic carbocycles. The van der Waals surface area contributed by atoms with Crippen LogP contribution in [0.1, 0.15) is 38.2 Å². The van der Waals surface area contributed by atoms with E-state index in [2.05, 4.69) is 31.3 Å². The molecule has 0 bridgehead atoms. The molecule has 0 unspecified atom stereocenters. The number of piperidine rings is 1. The van der Waals surface area contributed by atoms with Crippen molar-refractivity contribution in [2.75, 3.05) is 27.3 Å². The van der Waals surface area contributed by atoms with Gasteiger partial charge >= 0.3 is 6.09 Å². The van der Waals surface area contributed by atoms with Crippen molar-refractivity contribution < 1.29 is 14.3 Å². The highest BCUT2D eigenvalue weighted by atomic mass is 16.5. The number of nitrogens with zero attached hydrogens (tertiary/aromatic N) is 1. The third-order valence-electron chi connectivity index (χ3n) is 4.82. The van der Waals surface area contributed by atoms with E-state index >= 15 is 0 Å². The Kier molecular flexibility index (Phi) is 6.28. The van der Waals surface area contributed by atoms with Gasteiger partial charge in [0.2, 0.25) is 0 Å². The molecule has 5 heteroatoms. The van der Waals surface area contributed by atoms with Gasteiger partial charge in [0, 0.05) is 25.2 Å². The van der Waals surface area contributed by atoms with Crippen LogP contribution in [0.2, 0.25) is 0 Å². The average Bonchev–Trinajstić information content (AvgIpc) is 2.61. The summed E-state index contributed by atoms with van der Waals surface area (Å²) in [4.78, 5) is 13.3. The van der Waals surface area contributed by atoms with Crippen LogP contribution in [0.4, 0.5) is 4.79 Å². The van der Waals surface area contributed by atoms with Gasteiger partial charge in [-0.15, -0.1) is 0 Å². The minimum absolute atomic E-state index is 0.219. The van der Waals surface area contributed by atoms with E-state index in [9.17, 15) is 4.79 Å². The molecule has 1 heterocycles. The molecular weight excluding hydrogens is 292 g/mol. The first-order valence-corrected chi connectivity index (χ1v) is 8.28. The van der Waals surface area contributed by atoms with E-state index in [0.717, 1.165) is 31.7 Å². The van der Waals surface area contributed by atoms with Crippen molar-refractivity contribution >= 4 is 6.09 Å². The number of ether oxygens (including phenoxy) is 2. The second kappa shape index (κ2) is 8.20. The van der Waals surface area contributed by atoms with Crippen molar-refractivity contribution in [2.24, 2.45) is 0 Å². The average molecular weight is 320 g/mol. The van der Waals surface area contributed by atoms with Gasteiger partial charge in [-0.1, -0.05) is 19.1 Å². The highest BCUT2D eigenvalue weighted by molar-refractivity contribution is 5.67. The van der Waals surface area contributed by atoms with E-state index in [0.29, 0.717) is 18.0 Å². The van der Waals surface area contributed by atoms with Gasteiger partial charge in [-0.05, 0) is 43.4 Å². The lowest BCUT2D eigenvalue weighted by molar-refractivity contribution is 0.108. The Labute approximate surface area is 139 Å². The lowest BCUT2D eigenvalue weighted by atomic mass is 9.92. The van der Waals surface area contributed by atoms with Crippen LogP contribution >= 0.6 is 0 Å². The fraction of sp³-hybridized carbons (Fsp3) is 0.611. The molecule has 1 fully saturated rings. The van der Waals surface area contributed by atoms with Crippen molar-refractivity contribution in [3.63, 3.8) is 0 Å². The number of likely N-dealkylation sites (tertiary alicyclic amines) is 1. The maximum atomic E-state index is 11.5. The minimum Gasteiger partial charge on any atom is -0.497 e. The minimum atomic E-state index is -0.219. The summed E-state index contributed by atoms with van der Waals surface area (Å²) in [5.74, 6) is 1.30. The van der Waals surface area contributed by atoms with Crippen LogP contribution in [0.5, 0.6) is 5.75 Å². The molecule has 1 aliphatic heterocycles. The second-order valence-corrected chi connectivity index (χ2v) is 6.25. The normalized spacial score (nSPS) is 18.3. The third-order valence-corrected chi connectivity index (χ3v) is 4.82. The Balaban J connectivity index is 1.84. The maximum Gasteiger partial charge on any atom is 0.409 e. The Morgan fingerprint density at radius 3 is 2.30 bits per heavy atom. The molecule has 5 nitrogen and oxygen atoms in total. The van der Waals surface area contributed by atoms with E-state index in [4.69, 9.17) is 9.47 Å². The first-order valence-electron chi connectivity index (χ1n) is 8.28. The Bertz CT molecular complexity index is 495. The van der Waals surface area contributed by atoms with Gasteiger partial charge in [-0.2, -0.15) is 0 Å². The number of hydrogen-bond donors (Lipinski definition) is 1. The number of carbonyl (C=O) groups excluding carboxylic acids is 1. The zero-order valence-corrected chi connectivity index (χ0v) is 14.5. The van der Waals surface area contributed by atoms with Crippen LogP contribution in [-0.2, 0) is 4.74 Å². The number of nitrogens with one attached hydrogen (secondary N) is 1. The smallest absolute Gasteiger partial charge is 0.409 e. The van der Waals surface area contributed by atoms with E-state index in [-0.39, 0.29) is 6.09 Å². The Morgan fingerprint density at radius 1 is 1.17 bits per heavy atom. The van der Waals surface area contributed by atoms with Crippen molar-refractivity contribution in [3.05, 3.63) is 29.8 Å². The molecule has 1 aliphatic rings. The van der Waals surface area contributed by atoms with Crippen LogP contribution in [0, 0.1) is 0 Å². The van der Waals surface area contributed by atoms with E-state index in [1.807, 2.05) is 12.1 Å². The first kappa shape index (κ1) is 17.6. The van der Waals surface area contributed by atoms with Crippen LogP contribution in [0.3, 0.4) is 0 Å². The molecule has 0 aromatic heterocycles. The fourth-order valence-electron chi connectivity index (χ4n) is 3.07. The number of benzene rings is 1. The number of hydrogen-bond acceptors (Lipinski definition) is 4. The summed E-state index contributed by atoms with van der Waals surface area (Å²) in [5.41, 5.74) is 1.30. The van der Waals surface area contributed by atoms with Crippen molar-refractivity contribution in [2.45, 2.75) is 44.7 Å². The quantitative estimate of drug-likeness (QED) is 0.906. The zero-order valence-electron chi connectivity index (χ0n) is 14.5. The summed E-state index contributed by atoms with van der Waals surface area (Å²) in [5, 5.41) is 3.71. The number of amides is 1. The molecular formula is C18H28N2O3. The third kappa shape index (κ3) is 4.61. The lowest BCUT2D eigenvalue weighted by Crippen LogP contribution is -2.48. The van der Waals surface area contributed by atoms with E-state index in [1.165, 1.54) is 12.7 Å². The molecule has 1 saturated heterocycles. The van der Waals surface area contributed by atoms with Crippen LogP contribution in [0.15, 0.2) is 24.3 Å². The summed E-state index contributed by atoms with van der Waals surface area (Å²) in [6, 6.07) is 9.09. The predicted molar refractivity (Wildman–Crippen MR) is 91.0 cm³/mol. The molecule has 128 valence electrons. The highest BCUT2D eigenvalue weighted by Crippen LogP contribution is 2.23. The number of methoxy groups -OCH3 is 2. The van der Waals surface area contributed by atoms with Crippen molar-refractivity contribution in [1.82, 2.24) is 10.2 Å². The molecule has 1 N–H and O–H groups in total. The summed E-state index contributed by atoms with van der Waals surface area (Å²) >= 11 is 0. The summed E-state index contributed by atoms with van der Waals surface area (Å²) in [6.45, 7) is 5.98. The molecule has 1 aromatic carbocycles. The van der Waals surface area contributed by atoms with Crippen molar-refractivity contribution in [1.29, 1.82) is 0 Å². The van der Waals surface area contributed by atoms with E-state index < -0.39 is 0 Å². The van der Waals surface area contributed by atoms with Crippen molar-refractivity contribution in [3.8, 4) is 5.75 Å². The van der Waals surface area contributed by atoms with Gasteiger partial charge in [0.05, 0.1) is 14.2 Å². The molecule has 2 rings (SSSR count). The topological polar surface area (TPSA) is 50.8 Å². The van der Waals surface area contributed by atoms with Gasteiger partial charge in [0.15, 0.2) is 0 Å². The Hall–Kier alpha value is -1.75. The summed E-state index contributed by atoms with van der Waals surface area (Å²) in [7, 11) is 3.12. The molecule has 1 amide bonds. The second-order valence-electron chi connectivity index (χ2n) is 6.25. The monoisotopic (exact) mass is 320 g/mol. The number of carbonyl (C=O) groups is 1. The van der Waals surface area contributed by atoms with Crippen LogP contribution in [-0.4, -0.2) is 50.4 Å². The van der Waals surface area contributed by atoms with Gasteiger partial charge in [0.1, 0.15) is 5.75 Å². The Morgan fingerprint density at radius 2 is 1.78 bits per heavy atom. The van der Waals surface area contributed by atoms with Gasteiger partial charge < -0.3 is 19.7 Å². The number of rotatable bonds is 5. The van der Waals surface area contributed by atoms with Gasteiger partial charge in [0.25, 0.3) is 0 Å². The first-order chi connectivity index (χ1) is 11.0. The lowest BCUT2D eigenvalue weighted by Gasteiger charge is -2.34. The van der Waals surface area contributed by atoms with Crippen LogP contribution < -0.4 is 10.1 Å². The molecule has 0 radical (unpaired) electrons. The zero-order chi connectivity index (χ0) is 16.8. The fourth-order valence-corrected chi connectivity index (χ4v) is 3.07. The molecule has 0 spiro atoms. The molecule has 1 aromatic rings. The van der Waals surface area contributed by atoms with Gasteiger partial charge in [-0.25, -0.2) is 4.79 Å². The van der Waals surface area contributed by atoms with E-state index in [1.54, 1.807) is 12.0 Å². The SMILES string of the molecule is COC(=O)N1CCC(N[C@H](C)[C@@H](C)c2ccc(OC)cc2)CC1. The standard InChI is InChI=1S/C18H28N2O3/c1-13(15-5-7-17(22-3)8-6-15)14(2)19-16-9-11-20(12-10-16)18(21)23-4/h5-8,13-14,16,19H,9-12H2,1-4H3/t13-,14-/m1/s1. The van der Waals surface area contributed by atoms with Crippen LogP contribution in [0.25, 0.3) is 0 Å². The summed E-state index contributed by atoms with van der Waals surface area (Å²) in [6.07, 6.45) is 1.71. The predicted octanol–water partition coefficient (Wildman–Crippen LogP) is 3.01. The maximum absolute atomic E-state index is 11.5. The highest BCUT2D eigenvalue weighted by Gasteiger charge is 2.25. The summed E-state index contributed by atoms with van der Waals surface area (Å²) < 4.78 is 9.99. The molecule has 23 heavy (non-hydrogen) atoms. The largest absolute Gasteiger partial charge is 0.497 e. The molecule has 2 atom stereocenters.